The number of benzene rings is 2. The van der Waals surface area contributed by atoms with Crippen LogP contribution >= 0.6 is 11.8 Å². The molecule has 6 heteroatoms. The van der Waals surface area contributed by atoms with E-state index in [9.17, 15) is 9.59 Å². The monoisotopic (exact) mass is 301 g/mol. The second kappa shape index (κ2) is 5.14. The topological polar surface area (TPSA) is 75.6 Å². The predicted octanol–water partition coefficient (Wildman–Crippen LogP) is 3.38. The second-order valence-electron chi connectivity index (χ2n) is 4.45. The minimum absolute atomic E-state index is 0.217. The van der Waals surface area contributed by atoms with Gasteiger partial charge in [0, 0.05) is 9.79 Å². The third-order valence-corrected chi connectivity index (χ3v) is 4.27. The fourth-order valence-electron chi connectivity index (χ4n) is 2.07. The van der Waals surface area contributed by atoms with Gasteiger partial charge in [-0.15, -0.1) is 0 Å². The van der Waals surface area contributed by atoms with Gasteiger partial charge >= 0.3 is 11.9 Å². The first-order valence-corrected chi connectivity index (χ1v) is 6.95. The first-order valence-electron chi connectivity index (χ1n) is 6.13. The molecular formula is C15H11NO4S. The van der Waals surface area contributed by atoms with Crippen molar-refractivity contribution in [3.63, 3.8) is 0 Å². The van der Waals surface area contributed by atoms with Crippen LogP contribution in [-0.4, -0.2) is 24.2 Å². The fourth-order valence-corrected chi connectivity index (χ4v) is 3.02. The van der Waals surface area contributed by atoms with Crippen LogP contribution in [0.5, 0.6) is 0 Å². The normalized spacial score (nSPS) is 11.9. The van der Waals surface area contributed by atoms with Crippen molar-refractivity contribution < 1.29 is 19.4 Å². The standard InChI is InChI=1S/C15H11NO4S/c1-20-15(19)9-3-5-13-11(7-9)16-10-6-8(14(17)18)2-4-12(10)21-13/h2-7,16H,1H3,(H,17,18). The molecule has 0 fully saturated rings. The van der Waals surface area contributed by atoms with Crippen LogP contribution in [0.3, 0.4) is 0 Å². The summed E-state index contributed by atoms with van der Waals surface area (Å²) in [7, 11) is 1.33. The van der Waals surface area contributed by atoms with Crippen LogP contribution in [0.1, 0.15) is 20.7 Å². The molecule has 0 atom stereocenters. The molecule has 21 heavy (non-hydrogen) atoms. The van der Waals surface area contributed by atoms with Gasteiger partial charge in [-0.3, -0.25) is 0 Å². The van der Waals surface area contributed by atoms with E-state index in [0.717, 1.165) is 21.2 Å². The lowest BCUT2D eigenvalue weighted by Gasteiger charge is -2.21. The maximum absolute atomic E-state index is 11.6. The summed E-state index contributed by atoms with van der Waals surface area (Å²) in [5.74, 6) is -1.38. The summed E-state index contributed by atoms with van der Waals surface area (Å²) in [5.41, 5.74) is 2.14. The number of ether oxygens (including phenoxy) is 1. The van der Waals surface area contributed by atoms with Gasteiger partial charge in [-0.05, 0) is 36.4 Å². The molecule has 0 spiro atoms. The first-order chi connectivity index (χ1) is 10.1. The van der Waals surface area contributed by atoms with Crippen LogP contribution in [0.25, 0.3) is 0 Å². The summed E-state index contributed by atoms with van der Waals surface area (Å²) >= 11 is 1.52. The van der Waals surface area contributed by atoms with Gasteiger partial charge in [0.25, 0.3) is 0 Å². The number of rotatable bonds is 2. The zero-order chi connectivity index (χ0) is 15.0. The van der Waals surface area contributed by atoms with E-state index in [1.807, 2.05) is 6.07 Å². The first kappa shape index (κ1) is 13.5. The number of carboxylic acid groups (broad SMARTS) is 1. The lowest BCUT2D eigenvalue weighted by molar-refractivity contribution is 0.0600. The van der Waals surface area contributed by atoms with Gasteiger partial charge in [0.1, 0.15) is 0 Å². The molecule has 0 bridgehead atoms. The molecule has 1 aliphatic rings. The number of nitrogens with one attached hydrogen (secondary N) is 1. The number of carboxylic acids is 1. The molecule has 0 saturated heterocycles. The van der Waals surface area contributed by atoms with Gasteiger partial charge in [-0.25, -0.2) is 9.59 Å². The molecule has 3 rings (SSSR count). The lowest BCUT2D eigenvalue weighted by atomic mass is 10.1. The van der Waals surface area contributed by atoms with Crippen molar-refractivity contribution in [2.75, 3.05) is 12.4 Å². The maximum Gasteiger partial charge on any atom is 0.337 e. The van der Waals surface area contributed by atoms with Gasteiger partial charge in [0.2, 0.25) is 0 Å². The quantitative estimate of drug-likeness (QED) is 0.707. The molecule has 0 saturated carbocycles. The lowest BCUT2D eigenvalue weighted by Crippen LogP contribution is -2.06. The second-order valence-corrected chi connectivity index (χ2v) is 5.53. The highest BCUT2D eigenvalue weighted by atomic mass is 32.2. The summed E-state index contributed by atoms with van der Waals surface area (Å²) in [4.78, 5) is 24.5. The minimum Gasteiger partial charge on any atom is -0.478 e. The number of hydrogen-bond donors (Lipinski definition) is 2. The van der Waals surface area contributed by atoms with E-state index in [2.05, 4.69) is 5.32 Å². The van der Waals surface area contributed by atoms with Crippen molar-refractivity contribution in [1.82, 2.24) is 0 Å². The van der Waals surface area contributed by atoms with Crippen LogP contribution in [-0.2, 0) is 4.74 Å². The van der Waals surface area contributed by atoms with Crippen molar-refractivity contribution in [2.45, 2.75) is 9.79 Å². The highest BCUT2D eigenvalue weighted by molar-refractivity contribution is 7.99. The van der Waals surface area contributed by atoms with E-state index in [0.29, 0.717) is 5.56 Å². The van der Waals surface area contributed by atoms with Gasteiger partial charge in [-0.1, -0.05) is 11.8 Å². The molecule has 2 aromatic rings. The van der Waals surface area contributed by atoms with E-state index < -0.39 is 11.9 Å². The SMILES string of the molecule is COC(=O)c1ccc2c(c1)Nc1cc(C(=O)O)ccc1S2. The zero-order valence-corrected chi connectivity index (χ0v) is 11.9. The molecule has 0 aromatic heterocycles. The van der Waals surface area contributed by atoms with Crippen molar-refractivity contribution in [3.05, 3.63) is 47.5 Å². The maximum atomic E-state index is 11.6. The Morgan fingerprint density at radius 1 is 1.05 bits per heavy atom. The van der Waals surface area contributed by atoms with Gasteiger partial charge in [0.15, 0.2) is 0 Å². The summed E-state index contributed by atoms with van der Waals surface area (Å²) in [6, 6.07) is 10.2. The van der Waals surface area contributed by atoms with Crippen LogP contribution in [0.15, 0.2) is 46.2 Å². The van der Waals surface area contributed by atoms with Gasteiger partial charge < -0.3 is 15.2 Å². The summed E-state index contributed by atoms with van der Waals surface area (Å²) < 4.78 is 4.70. The third-order valence-electron chi connectivity index (χ3n) is 3.12. The smallest absolute Gasteiger partial charge is 0.337 e. The van der Waals surface area contributed by atoms with E-state index in [1.54, 1.807) is 30.3 Å². The summed E-state index contributed by atoms with van der Waals surface area (Å²) in [6.07, 6.45) is 0. The molecule has 0 amide bonds. The Hall–Kier alpha value is -2.47. The number of esters is 1. The fraction of sp³-hybridized carbons (Fsp3) is 0.0667. The number of methoxy groups -OCH3 is 1. The largest absolute Gasteiger partial charge is 0.478 e. The molecule has 0 aliphatic carbocycles. The predicted molar refractivity (Wildman–Crippen MR) is 78.6 cm³/mol. The zero-order valence-electron chi connectivity index (χ0n) is 11.0. The van der Waals surface area contributed by atoms with E-state index in [1.165, 1.54) is 18.9 Å². The molecule has 0 unspecified atom stereocenters. The molecule has 1 aliphatic heterocycles. The molecule has 2 N–H and O–H groups in total. The Kier molecular flexibility index (Phi) is 3.31. The highest BCUT2D eigenvalue weighted by Crippen LogP contribution is 2.44. The summed E-state index contributed by atoms with van der Waals surface area (Å²) in [5, 5.41) is 12.2. The number of aromatic carboxylic acids is 1. The molecule has 1 heterocycles. The van der Waals surface area contributed by atoms with Crippen LogP contribution in [0.2, 0.25) is 0 Å². The third kappa shape index (κ3) is 2.45. The van der Waals surface area contributed by atoms with E-state index in [4.69, 9.17) is 9.84 Å². The van der Waals surface area contributed by atoms with Gasteiger partial charge in [0.05, 0.1) is 29.6 Å². The number of carbonyl (C=O) groups excluding carboxylic acids is 1. The van der Waals surface area contributed by atoms with Crippen molar-refractivity contribution in [3.8, 4) is 0 Å². The van der Waals surface area contributed by atoms with E-state index in [-0.39, 0.29) is 5.56 Å². The molecule has 106 valence electrons. The van der Waals surface area contributed by atoms with Crippen molar-refractivity contribution in [1.29, 1.82) is 0 Å². The Balaban J connectivity index is 1.99. The van der Waals surface area contributed by atoms with Crippen molar-refractivity contribution in [2.24, 2.45) is 0 Å². The molecule has 2 aromatic carbocycles. The van der Waals surface area contributed by atoms with Crippen LogP contribution in [0, 0.1) is 0 Å². The Morgan fingerprint density at radius 3 is 2.19 bits per heavy atom. The van der Waals surface area contributed by atoms with Gasteiger partial charge in [-0.2, -0.15) is 0 Å². The molecule has 0 radical (unpaired) electrons. The van der Waals surface area contributed by atoms with Crippen molar-refractivity contribution >= 4 is 35.1 Å². The average Bonchev–Trinajstić information content (AvgIpc) is 2.50. The Bertz CT molecular complexity index is 757. The number of carbonyl (C=O) groups is 2. The number of anilines is 2. The molecular weight excluding hydrogens is 290 g/mol. The van der Waals surface area contributed by atoms with Crippen LogP contribution < -0.4 is 5.32 Å². The summed E-state index contributed by atoms with van der Waals surface area (Å²) in [6.45, 7) is 0. The van der Waals surface area contributed by atoms with Crippen LogP contribution in [0.4, 0.5) is 11.4 Å². The number of fused-ring (bicyclic) bond motifs is 2. The average molecular weight is 301 g/mol. The Labute approximate surface area is 124 Å². The minimum atomic E-state index is -0.973. The van der Waals surface area contributed by atoms with E-state index >= 15 is 0 Å². The highest BCUT2D eigenvalue weighted by Gasteiger charge is 2.19. The number of hydrogen-bond acceptors (Lipinski definition) is 5. The molecule has 5 nitrogen and oxygen atoms in total. The Morgan fingerprint density at radius 2 is 1.62 bits per heavy atom.